The largest absolute Gasteiger partial charge is 0.507 e. The van der Waals surface area contributed by atoms with E-state index in [1.807, 2.05) is 0 Å². The van der Waals surface area contributed by atoms with E-state index in [1.165, 1.54) is 24.3 Å². The van der Waals surface area contributed by atoms with Crippen molar-refractivity contribution < 1.29 is 24.7 Å². The number of thioether (sulfide) groups is 1. The van der Waals surface area contributed by atoms with Crippen LogP contribution in [0.5, 0.6) is 5.75 Å². The maximum Gasteiger partial charge on any atom is 0.337 e. The number of thiocarbonyl (C=S) groups is 1. The van der Waals surface area contributed by atoms with Crippen molar-refractivity contribution in [3.8, 4) is 5.75 Å². The van der Waals surface area contributed by atoms with Crippen molar-refractivity contribution in [1.29, 1.82) is 0 Å². The molecule has 2 aromatic carbocycles. The van der Waals surface area contributed by atoms with E-state index in [9.17, 15) is 29.9 Å². The zero-order chi connectivity index (χ0) is 19.7. The number of aromatic hydroxyl groups is 1. The fraction of sp³-hybridized carbons (Fsp3) is 0. The molecule has 0 saturated carbocycles. The van der Waals surface area contributed by atoms with Crippen molar-refractivity contribution in [2.75, 3.05) is 4.90 Å². The van der Waals surface area contributed by atoms with Crippen LogP contribution in [0.25, 0.3) is 6.08 Å². The fourth-order valence-electron chi connectivity index (χ4n) is 2.44. The van der Waals surface area contributed by atoms with Crippen molar-refractivity contribution >= 4 is 57.6 Å². The molecule has 1 fully saturated rings. The van der Waals surface area contributed by atoms with E-state index in [2.05, 4.69) is 0 Å². The molecule has 1 amide bonds. The minimum Gasteiger partial charge on any atom is -0.507 e. The molecule has 2 N–H and O–H groups in total. The lowest BCUT2D eigenvalue weighted by Gasteiger charge is -2.16. The maximum atomic E-state index is 12.8. The normalized spacial score (nSPS) is 15.4. The third-order valence-electron chi connectivity index (χ3n) is 3.68. The molecule has 0 radical (unpaired) electrons. The Morgan fingerprint density at radius 3 is 2.63 bits per heavy atom. The summed E-state index contributed by atoms with van der Waals surface area (Å²) in [4.78, 5) is 35.7. The summed E-state index contributed by atoms with van der Waals surface area (Å²) >= 11 is 6.11. The first-order valence-electron chi connectivity index (χ1n) is 7.37. The van der Waals surface area contributed by atoms with E-state index in [-0.39, 0.29) is 37.5 Å². The molecule has 10 heteroatoms. The number of phenols is 1. The van der Waals surface area contributed by atoms with Crippen LogP contribution >= 0.6 is 24.0 Å². The molecule has 0 aliphatic carbocycles. The van der Waals surface area contributed by atoms with Gasteiger partial charge in [-0.15, -0.1) is 0 Å². The predicted octanol–water partition coefficient (Wildman–Crippen LogP) is 3.40. The number of aromatic carboxylic acids is 1. The molecule has 0 unspecified atom stereocenters. The molecule has 0 atom stereocenters. The molecule has 8 nitrogen and oxygen atoms in total. The Hall–Kier alpha value is -3.24. The van der Waals surface area contributed by atoms with E-state index in [0.29, 0.717) is 0 Å². The van der Waals surface area contributed by atoms with Gasteiger partial charge in [-0.3, -0.25) is 19.8 Å². The van der Waals surface area contributed by atoms with Gasteiger partial charge in [0, 0.05) is 17.7 Å². The number of amides is 1. The molecule has 136 valence electrons. The number of para-hydroxylation sites is 1. The van der Waals surface area contributed by atoms with Gasteiger partial charge in [-0.2, -0.15) is 0 Å². The Labute approximate surface area is 161 Å². The second-order valence-electron chi connectivity index (χ2n) is 5.34. The molecule has 0 spiro atoms. The van der Waals surface area contributed by atoms with Gasteiger partial charge in [0.2, 0.25) is 0 Å². The number of nitrogens with zero attached hydrogens (tertiary/aromatic N) is 2. The highest BCUT2D eigenvalue weighted by molar-refractivity contribution is 8.27. The molecular formula is C17H10N2O6S2. The number of rotatable bonds is 4. The smallest absolute Gasteiger partial charge is 0.337 e. The summed E-state index contributed by atoms with van der Waals surface area (Å²) in [6.45, 7) is 0. The van der Waals surface area contributed by atoms with E-state index in [1.54, 1.807) is 6.07 Å². The van der Waals surface area contributed by atoms with E-state index in [0.717, 1.165) is 34.9 Å². The molecular weight excluding hydrogens is 392 g/mol. The van der Waals surface area contributed by atoms with Crippen molar-refractivity contribution in [2.45, 2.75) is 0 Å². The number of nitro groups is 1. The lowest BCUT2D eigenvalue weighted by molar-refractivity contribution is -0.384. The maximum absolute atomic E-state index is 12.8. The van der Waals surface area contributed by atoms with Crippen LogP contribution in [0, 0.1) is 10.1 Å². The Bertz CT molecular complexity index is 1030. The van der Waals surface area contributed by atoms with Crippen molar-refractivity contribution in [1.82, 2.24) is 0 Å². The van der Waals surface area contributed by atoms with Gasteiger partial charge in [0.25, 0.3) is 11.6 Å². The van der Waals surface area contributed by atoms with Gasteiger partial charge in [0.15, 0.2) is 4.32 Å². The molecule has 1 aliphatic heterocycles. The van der Waals surface area contributed by atoms with Gasteiger partial charge < -0.3 is 10.2 Å². The van der Waals surface area contributed by atoms with Crippen LogP contribution in [0.2, 0.25) is 0 Å². The van der Waals surface area contributed by atoms with E-state index in [4.69, 9.17) is 12.2 Å². The third kappa shape index (κ3) is 3.52. The SMILES string of the molecule is O=C(O)c1ccccc1N1C(=O)/C(=C/c2cc([N+](=O)[O-])ccc2O)SC1=S. The summed E-state index contributed by atoms with van der Waals surface area (Å²) in [6, 6.07) is 9.35. The van der Waals surface area contributed by atoms with E-state index >= 15 is 0 Å². The second-order valence-corrected chi connectivity index (χ2v) is 7.02. The Morgan fingerprint density at radius 2 is 1.96 bits per heavy atom. The molecule has 27 heavy (non-hydrogen) atoms. The number of benzene rings is 2. The van der Waals surface area contributed by atoms with Gasteiger partial charge in [0.1, 0.15) is 5.75 Å². The number of carboxylic acids is 1. The zero-order valence-corrected chi connectivity index (χ0v) is 15.0. The first kappa shape index (κ1) is 18.5. The average molecular weight is 402 g/mol. The Balaban J connectivity index is 2.03. The highest BCUT2D eigenvalue weighted by atomic mass is 32.2. The van der Waals surface area contributed by atoms with Gasteiger partial charge >= 0.3 is 5.97 Å². The molecule has 0 aromatic heterocycles. The zero-order valence-electron chi connectivity index (χ0n) is 13.4. The summed E-state index contributed by atoms with van der Waals surface area (Å²) in [5.41, 5.74) is -0.130. The van der Waals surface area contributed by atoms with Crippen LogP contribution in [0.4, 0.5) is 11.4 Å². The second kappa shape index (κ2) is 7.17. The first-order valence-corrected chi connectivity index (χ1v) is 8.59. The third-order valence-corrected chi connectivity index (χ3v) is 4.98. The standard InChI is InChI=1S/C17H10N2O6S2/c20-13-6-5-10(19(24)25)7-9(13)8-14-15(21)18(17(26)27-14)12-4-2-1-3-11(12)16(22)23/h1-8,20H,(H,22,23)/b14-8-. The quantitative estimate of drug-likeness (QED) is 0.345. The van der Waals surface area contributed by atoms with E-state index < -0.39 is 16.8 Å². The molecule has 0 bridgehead atoms. The van der Waals surface area contributed by atoms with Crippen molar-refractivity contribution in [3.63, 3.8) is 0 Å². The number of phenolic OH excluding ortho intramolecular Hbond substituents is 1. The number of non-ortho nitro benzene ring substituents is 1. The van der Waals surface area contributed by atoms with Crippen LogP contribution in [0.3, 0.4) is 0 Å². The number of hydrogen-bond acceptors (Lipinski definition) is 7. The monoisotopic (exact) mass is 402 g/mol. The molecule has 1 saturated heterocycles. The number of carboxylic acid groups (broad SMARTS) is 1. The minimum atomic E-state index is -1.21. The summed E-state index contributed by atoms with van der Waals surface area (Å²) in [5, 5.41) is 30.1. The number of hydrogen-bond donors (Lipinski definition) is 2. The van der Waals surface area contributed by atoms with Crippen molar-refractivity contribution in [3.05, 3.63) is 68.6 Å². The highest BCUT2D eigenvalue weighted by Crippen LogP contribution is 2.38. The topological polar surface area (TPSA) is 121 Å². The molecule has 1 heterocycles. The van der Waals surface area contributed by atoms with Crippen LogP contribution in [-0.4, -0.2) is 31.3 Å². The molecule has 1 aliphatic rings. The molecule has 2 aromatic rings. The van der Waals surface area contributed by atoms with Gasteiger partial charge in [-0.25, -0.2) is 4.79 Å². The summed E-state index contributed by atoms with van der Waals surface area (Å²) in [7, 11) is 0. The number of carbonyl (C=O) groups is 2. The van der Waals surface area contributed by atoms with Crippen molar-refractivity contribution in [2.24, 2.45) is 0 Å². The lowest BCUT2D eigenvalue weighted by atomic mass is 10.1. The number of anilines is 1. The van der Waals surface area contributed by atoms with Crippen LogP contribution in [0.1, 0.15) is 15.9 Å². The highest BCUT2D eigenvalue weighted by Gasteiger charge is 2.35. The summed E-state index contributed by atoms with van der Waals surface area (Å²) < 4.78 is 0.116. The summed E-state index contributed by atoms with van der Waals surface area (Å²) in [6.07, 6.45) is 1.28. The number of nitro benzene ring substituents is 1. The number of carbonyl (C=O) groups excluding carboxylic acids is 1. The van der Waals surface area contributed by atoms with Gasteiger partial charge in [-0.05, 0) is 24.3 Å². The first-order chi connectivity index (χ1) is 12.8. The summed E-state index contributed by atoms with van der Waals surface area (Å²) in [5.74, 6) is -2.03. The fourth-order valence-corrected chi connectivity index (χ4v) is 3.71. The molecule has 3 rings (SSSR count). The predicted molar refractivity (Wildman–Crippen MR) is 104 cm³/mol. The Morgan fingerprint density at radius 1 is 1.26 bits per heavy atom. The average Bonchev–Trinajstić information content (AvgIpc) is 2.90. The van der Waals surface area contributed by atoms with Crippen LogP contribution < -0.4 is 4.90 Å². The van der Waals surface area contributed by atoms with Crippen LogP contribution in [0.15, 0.2) is 47.4 Å². The van der Waals surface area contributed by atoms with Gasteiger partial charge in [0.05, 0.1) is 21.1 Å². The lowest BCUT2D eigenvalue weighted by Crippen LogP contribution is -2.29. The van der Waals surface area contributed by atoms with Gasteiger partial charge in [-0.1, -0.05) is 36.1 Å². The Kier molecular flexibility index (Phi) is 4.93. The minimum absolute atomic E-state index is 0.0798. The van der Waals surface area contributed by atoms with Crippen LogP contribution in [-0.2, 0) is 4.79 Å².